The molecule has 0 spiro atoms. The number of rotatable bonds is 6. The van der Waals surface area contributed by atoms with E-state index in [1.807, 2.05) is 0 Å². The molecule has 1 aromatic rings. The van der Waals surface area contributed by atoms with Crippen molar-refractivity contribution in [3.63, 3.8) is 0 Å². The lowest BCUT2D eigenvalue weighted by Crippen LogP contribution is -2.39. The number of hydrogen-bond acceptors (Lipinski definition) is 4. The summed E-state index contributed by atoms with van der Waals surface area (Å²) in [4.78, 5) is 15.7. The highest BCUT2D eigenvalue weighted by Gasteiger charge is 2.13. The van der Waals surface area contributed by atoms with Gasteiger partial charge in [0.2, 0.25) is 5.91 Å². The Balaban J connectivity index is 2.46. The van der Waals surface area contributed by atoms with Crippen LogP contribution in [0.2, 0.25) is 5.02 Å². The van der Waals surface area contributed by atoms with E-state index < -0.39 is 6.04 Å². The Labute approximate surface area is 106 Å². The van der Waals surface area contributed by atoms with E-state index in [2.05, 4.69) is 15.6 Å². The highest BCUT2D eigenvalue weighted by Crippen LogP contribution is 2.17. The summed E-state index contributed by atoms with van der Waals surface area (Å²) >= 11 is 5.92. The van der Waals surface area contributed by atoms with E-state index in [-0.39, 0.29) is 5.91 Å². The summed E-state index contributed by atoms with van der Waals surface area (Å²) in [6.45, 7) is 2.72. The van der Waals surface area contributed by atoms with Crippen LogP contribution in [-0.2, 0) is 9.53 Å². The van der Waals surface area contributed by atoms with E-state index in [1.54, 1.807) is 32.4 Å². The lowest BCUT2D eigenvalue weighted by atomic mass is 10.3. The summed E-state index contributed by atoms with van der Waals surface area (Å²) < 4.78 is 4.84. The Bertz CT molecular complexity index is 373. The second kappa shape index (κ2) is 7.09. The van der Waals surface area contributed by atoms with Gasteiger partial charge < -0.3 is 15.4 Å². The van der Waals surface area contributed by atoms with Gasteiger partial charge in [-0.15, -0.1) is 0 Å². The molecule has 2 N–H and O–H groups in total. The van der Waals surface area contributed by atoms with Crippen LogP contribution in [0.5, 0.6) is 0 Å². The monoisotopic (exact) mass is 257 g/mol. The Kier molecular flexibility index (Phi) is 5.72. The van der Waals surface area contributed by atoms with Crippen molar-refractivity contribution in [2.75, 3.05) is 25.6 Å². The molecule has 0 radical (unpaired) electrons. The average molecular weight is 258 g/mol. The van der Waals surface area contributed by atoms with E-state index in [0.717, 1.165) is 0 Å². The number of aromatic nitrogens is 1. The number of methoxy groups -OCH3 is 1. The minimum absolute atomic E-state index is 0.122. The highest BCUT2D eigenvalue weighted by atomic mass is 35.5. The molecule has 0 aromatic carbocycles. The van der Waals surface area contributed by atoms with Gasteiger partial charge in [-0.05, 0) is 19.1 Å². The van der Waals surface area contributed by atoms with Crippen molar-refractivity contribution in [2.45, 2.75) is 13.0 Å². The molecule has 0 fully saturated rings. The number of ether oxygens (including phenoxy) is 1. The molecule has 0 saturated heterocycles. The third kappa shape index (κ3) is 4.58. The summed E-state index contributed by atoms with van der Waals surface area (Å²) in [6.07, 6.45) is 1.61. The lowest BCUT2D eigenvalue weighted by Gasteiger charge is -2.15. The van der Waals surface area contributed by atoms with Crippen LogP contribution in [-0.4, -0.2) is 37.2 Å². The molecule has 1 atom stereocenters. The standard InChI is InChI=1S/C11H16ClN3O2/c1-8(11(16)14-6-7-17-2)15-10-9(12)4-3-5-13-10/h3-5,8H,6-7H2,1-2H3,(H,13,15)(H,14,16). The maximum atomic E-state index is 11.6. The first-order chi connectivity index (χ1) is 8.15. The van der Waals surface area contributed by atoms with Crippen molar-refractivity contribution < 1.29 is 9.53 Å². The Morgan fingerprint density at radius 1 is 1.65 bits per heavy atom. The van der Waals surface area contributed by atoms with Crippen LogP contribution in [0.4, 0.5) is 5.82 Å². The van der Waals surface area contributed by atoms with Gasteiger partial charge in [-0.2, -0.15) is 0 Å². The summed E-state index contributed by atoms with van der Waals surface area (Å²) in [7, 11) is 1.58. The van der Waals surface area contributed by atoms with E-state index >= 15 is 0 Å². The van der Waals surface area contributed by atoms with Crippen LogP contribution in [0.25, 0.3) is 0 Å². The molecule has 0 bridgehead atoms. The molecule has 0 aliphatic heterocycles. The average Bonchev–Trinajstić information content (AvgIpc) is 2.32. The SMILES string of the molecule is COCCNC(=O)C(C)Nc1ncccc1Cl. The first kappa shape index (κ1) is 13.7. The van der Waals surface area contributed by atoms with Crippen molar-refractivity contribution in [3.05, 3.63) is 23.4 Å². The normalized spacial score (nSPS) is 11.9. The molecule has 1 rings (SSSR count). The maximum Gasteiger partial charge on any atom is 0.242 e. The van der Waals surface area contributed by atoms with Crippen molar-refractivity contribution in [3.8, 4) is 0 Å². The zero-order valence-corrected chi connectivity index (χ0v) is 10.6. The number of halogens is 1. The number of carbonyl (C=O) groups excluding carboxylic acids is 1. The number of carbonyl (C=O) groups is 1. The van der Waals surface area contributed by atoms with Gasteiger partial charge in [-0.1, -0.05) is 11.6 Å². The first-order valence-corrected chi connectivity index (χ1v) is 5.66. The fourth-order valence-electron chi connectivity index (χ4n) is 1.19. The smallest absolute Gasteiger partial charge is 0.242 e. The van der Waals surface area contributed by atoms with Crippen LogP contribution < -0.4 is 10.6 Å². The van der Waals surface area contributed by atoms with Crippen LogP contribution in [0.15, 0.2) is 18.3 Å². The number of hydrogen-bond donors (Lipinski definition) is 2. The number of anilines is 1. The number of nitrogens with one attached hydrogen (secondary N) is 2. The molecule has 1 amide bonds. The number of nitrogens with zero attached hydrogens (tertiary/aromatic N) is 1. The highest BCUT2D eigenvalue weighted by molar-refractivity contribution is 6.32. The lowest BCUT2D eigenvalue weighted by molar-refractivity contribution is -0.121. The topological polar surface area (TPSA) is 63.2 Å². The van der Waals surface area contributed by atoms with Gasteiger partial charge in [-0.25, -0.2) is 4.98 Å². The van der Waals surface area contributed by atoms with Crippen molar-refractivity contribution >= 4 is 23.3 Å². The van der Waals surface area contributed by atoms with E-state index in [4.69, 9.17) is 16.3 Å². The molecule has 1 unspecified atom stereocenters. The molecule has 0 aliphatic rings. The summed E-state index contributed by atoms with van der Waals surface area (Å²) in [6, 6.07) is 3.04. The Morgan fingerprint density at radius 3 is 3.06 bits per heavy atom. The zero-order valence-electron chi connectivity index (χ0n) is 9.87. The molecule has 0 aliphatic carbocycles. The Morgan fingerprint density at radius 2 is 2.41 bits per heavy atom. The van der Waals surface area contributed by atoms with Gasteiger partial charge >= 0.3 is 0 Å². The predicted molar refractivity (Wildman–Crippen MR) is 67.2 cm³/mol. The van der Waals surface area contributed by atoms with Crippen molar-refractivity contribution in [2.24, 2.45) is 0 Å². The number of amides is 1. The van der Waals surface area contributed by atoms with Gasteiger partial charge in [0.15, 0.2) is 0 Å². The van der Waals surface area contributed by atoms with Crippen LogP contribution in [0, 0.1) is 0 Å². The van der Waals surface area contributed by atoms with Crippen molar-refractivity contribution in [1.82, 2.24) is 10.3 Å². The third-order valence-electron chi connectivity index (χ3n) is 2.11. The zero-order chi connectivity index (χ0) is 12.7. The minimum Gasteiger partial charge on any atom is -0.383 e. The fourth-order valence-corrected chi connectivity index (χ4v) is 1.37. The molecule has 94 valence electrons. The van der Waals surface area contributed by atoms with E-state index in [0.29, 0.717) is 24.0 Å². The first-order valence-electron chi connectivity index (χ1n) is 5.29. The molecule has 1 aromatic heterocycles. The quantitative estimate of drug-likeness (QED) is 0.754. The van der Waals surface area contributed by atoms with Gasteiger partial charge in [-0.3, -0.25) is 4.79 Å². The minimum atomic E-state index is -0.403. The molecule has 5 nitrogen and oxygen atoms in total. The predicted octanol–water partition coefficient (Wildman–Crippen LogP) is 1.30. The third-order valence-corrected chi connectivity index (χ3v) is 2.42. The van der Waals surface area contributed by atoms with Crippen LogP contribution >= 0.6 is 11.6 Å². The summed E-state index contributed by atoms with van der Waals surface area (Å²) in [5, 5.41) is 6.16. The van der Waals surface area contributed by atoms with E-state index in [9.17, 15) is 4.79 Å². The van der Waals surface area contributed by atoms with Gasteiger partial charge in [0.25, 0.3) is 0 Å². The summed E-state index contributed by atoms with van der Waals surface area (Å²) in [5.41, 5.74) is 0. The molecule has 1 heterocycles. The maximum absolute atomic E-state index is 11.6. The number of pyridine rings is 1. The van der Waals surface area contributed by atoms with Crippen LogP contribution in [0.1, 0.15) is 6.92 Å². The van der Waals surface area contributed by atoms with Crippen LogP contribution in [0.3, 0.4) is 0 Å². The molecule has 17 heavy (non-hydrogen) atoms. The van der Waals surface area contributed by atoms with Gasteiger partial charge in [0.05, 0.1) is 11.6 Å². The molecular formula is C11H16ClN3O2. The largest absolute Gasteiger partial charge is 0.383 e. The second-order valence-electron chi connectivity index (χ2n) is 3.48. The molecule has 6 heteroatoms. The van der Waals surface area contributed by atoms with Gasteiger partial charge in [0, 0.05) is 19.9 Å². The summed E-state index contributed by atoms with van der Waals surface area (Å²) in [5.74, 6) is 0.382. The van der Waals surface area contributed by atoms with E-state index in [1.165, 1.54) is 0 Å². The molecule has 0 saturated carbocycles. The van der Waals surface area contributed by atoms with Gasteiger partial charge in [0.1, 0.15) is 11.9 Å². The molecular weight excluding hydrogens is 242 g/mol. The Hall–Kier alpha value is -1.33. The van der Waals surface area contributed by atoms with Crippen molar-refractivity contribution in [1.29, 1.82) is 0 Å². The fraction of sp³-hybridized carbons (Fsp3) is 0.455. The second-order valence-corrected chi connectivity index (χ2v) is 3.89.